The van der Waals surface area contributed by atoms with Crippen molar-refractivity contribution >= 4 is 11.5 Å². The topological polar surface area (TPSA) is 60.5 Å². The van der Waals surface area contributed by atoms with Gasteiger partial charge in [0, 0.05) is 37.6 Å². The van der Waals surface area contributed by atoms with Crippen LogP contribution in [0.3, 0.4) is 0 Å². The fourth-order valence-electron chi connectivity index (χ4n) is 3.61. The van der Waals surface area contributed by atoms with Gasteiger partial charge >= 0.3 is 0 Å². The average molecular weight is 415 g/mol. The molecule has 2 heterocycles. The minimum atomic E-state index is -0.333. The van der Waals surface area contributed by atoms with E-state index in [1.165, 1.54) is 6.07 Å². The van der Waals surface area contributed by atoms with E-state index in [1.54, 1.807) is 47.5 Å². The van der Waals surface area contributed by atoms with Gasteiger partial charge in [0.1, 0.15) is 5.82 Å². The summed E-state index contributed by atoms with van der Waals surface area (Å²) in [6.07, 6.45) is 15.6. The van der Waals surface area contributed by atoms with Gasteiger partial charge in [0.25, 0.3) is 5.91 Å². The lowest BCUT2D eigenvalue weighted by molar-refractivity contribution is 0.0765. The van der Waals surface area contributed by atoms with E-state index in [0.29, 0.717) is 17.7 Å². The summed E-state index contributed by atoms with van der Waals surface area (Å²) in [5.74, 6) is -0.453. The molecule has 7 heteroatoms. The number of amides is 1. The normalized spacial score (nSPS) is 16.3. The van der Waals surface area contributed by atoms with Crippen molar-refractivity contribution in [1.29, 1.82) is 0 Å². The molecule has 2 N–H and O–H groups in total. The first-order chi connectivity index (χ1) is 15.0. The number of pyridine rings is 1. The lowest BCUT2D eigenvalue weighted by Gasteiger charge is -2.18. The number of aromatic nitrogens is 1. The number of nitrogens with zero attached hydrogens (tertiary/aromatic N) is 3. The number of hydrogen-bond donors (Lipinski definition) is 2. The van der Waals surface area contributed by atoms with E-state index in [9.17, 15) is 9.18 Å². The van der Waals surface area contributed by atoms with Crippen LogP contribution in [0.4, 0.5) is 4.39 Å². The molecule has 6 nitrogen and oxygen atoms in total. The van der Waals surface area contributed by atoms with Crippen molar-refractivity contribution in [2.24, 2.45) is 0 Å². The lowest BCUT2D eigenvalue weighted by Crippen LogP contribution is -2.39. The molecule has 0 spiro atoms. The summed E-state index contributed by atoms with van der Waals surface area (Å²) >= 11 is 0. The van der Waals surface area contributed by atoms with E-state index in [2.05, 4.69) is 21.9 Å². The van der Waals surface area contributed by atoms with Crippen molar-refractivity contribution in [3.8, 4) is 12.5 Å². The molecule has 0 saturated heterocycles. The highest BCUT2D eigenvalue weighted by Crippen LogP contribution is 2.28. The Morgan fingerprint density at radius 3 is 3.06 bits per heavy atom. The van der Waals surface area contributed by atoms with Crippen molar-refractivity contribution in [3.63, 3.8) is 0 Å². The van der Waals surface area contributed by atoms with Crippen LogP contribution in [0.5, 0.6) is 0 Å². The predicted octanol–water partition coefficient (Wildman–Crippen LogP) is 3.14. The molecule has 2 aliphatic rings. The van der Waals surface area contributed by atoms with Crippen molar-refractivity contribution < 1.29 is 9.18 Å². The van der Waals surface area contributed by atoms with Gasteiger partial charge < -0.3 is 10.3 Å². The first kappa shape index (κ1) is 20.4. The zero-order valence-electron chi connectivity index (χ0n) is 17.1. The van der Waals surface area contributed by atoms with Gasteiger partial charge in [-0.1, -0.05) is 24.6 Å². The van der Waals surface area contributed by atoms with Crippen LogP contribution < -0.4 is 10.9 Å². The molecule has 31 heavy (non-hydrogen) atoms. The molecule has 156 valence electrons. The largest absolute Gasteiger partial charge is 0.328 e. The quantitative estimate of drug-likeness (QED) is 0.431. The highest BCUT2D eigenvalue weighted by Gasteiger charge is 2.28. The van der Waals surface area contributed by atoms with Gasteiger partial charge in [-0.2, -0.15) is 0 Å². The van der Waals surface area contributed by atoms with Gasteiger partial charge in [-0.15, -0.1) is 5.12 Å². The van der Waals surface area contributed by atoms with E-state index in [1.807, 2.05) is 24.4 Å². The smallest absolute Gasteiger partial charge is 0.256 e. The van der Waals surface area contributed by atoms with Gasteiger partial charge in [0.2, 0.25) is 0 Å². The standard InChI is InChI=1S/C24H22FN5O/c1-3-27-29(2)28-14-17-6-4-7-18(12-17)19-9-10-22(25)20(13-19)15-30-16-23-21(24(30)31)8-5-11-26-23/h1,4-5,7-14,27-28H,6,15-16H2,2H3/b17-14+. The minimum absolute atomic E-state index is 0.120. The van der Waals surface area contributed by atoms with Crippen LogP contribution in [-0.2, 0) is 13.1 Å². The van der Waals surface area contributed by atoms with Crippen LogP contribution in [0, 0.1) is 18.3 Å². The first-order valence-corrected chi connectivity index (χ1v) is 9.85. The van der Waals surface area contributed by atoms with Crippen LogP contribution in [0.25, 0.3) is 5.57 Å². The van der Waals surface area contributed by atoms with Crippen LogP contribution >= 0.6 is 0 Å². The number of carbonyl (C=O) groups excluding carboxylic acids is 1. The molecular weight excluding hydrogens is 393 g/mol. The first-order valence-electron chi connectivity index (χ1n) is 9.85. The van der Waals surface area contributed by atoms with Crippen molar-refractivity contribution in [2.75, 3.05) is 7.05 Å². The Balaban J connectivity index is 1.53. The molecule has 4 rings (SSSR count). The van der Waals surface area contributed by atoms with Crippen LogP contribution in [0.15, 0.2) is 66.5 Å². The van der Waals surface area contributed by atoms with Gasteiger partial charge in [0.05, 0.1) is 17.8 Å². The van der Waals surface area contributed by atoms with Crippen molar-refractivity contribution in [3.05, 3.63) is 94.7 Å². The number of halogens is 1. The summed E-state index contributed by atoms with van der Waals surface area (Å²) in [5, 5.41) is 1.56. The molecule has 1 aliphatic carbocycles. The molecule has 0 unspecified atom stereocenters. The zero-order valence-corrected chi connectivity index (χ0v) is 17.1. The van der Waals surface area contributed by atoms with E-state index in [-0.39, 0.29) is 18.3 Å². The predicted molar refractivity (Wildman–Crippen MR) is 117 cm³/mol. The van der Waals surface area contributed by atoms with Crippen LogP contribution in [0.1, 0.15) is 33.6 Å². The summed E-state index contributed by atoms with van der Waals surface area (Å²) in [6.45, 7) is 0.581. The summed E-state index contributed by atoms with van der Waals surface area (Å²) in [5.41, 5.74) is 10.4. The summed E-state index contributed by atoms with van der Waals surface area (Å²) in [7, 11) is 1.76. The summed E-state index contributed by atoms with van der Waals surface area (Å²) in [4.78, 5) is 18.5. The maximum Gasteiger partial charge on any atom is 0.256 e. The Labute approximate surface area is 180 Å². The molecule has 1 aromatic carbocycles. The number of terminal acetylenes is 1. The van der Waals surface area contributed by atoms with Gasteiger partial charge in [-0.05, 0) is 53.5 Å². The number of fused-ring (bicyclic) bond motifs is 1. The number of allylic oxidation sites excluding steroid dienone is 5. The molecule has 0 bridgehead atoms. The average Bonchev–Trinajstić information content (AvgIpc) is 3.10. The Kier molecular flexibility index (Phi) is 5.83. The lowest BCUT2D eigenvalue weighted by atomic mass is 9.95. The van der Waals surface area contributed by atoms with E-state index in [0.717, 1.165) is 28.8 Å². The second-order valence-corrected chi connectivity index (χ2v) is 7.33. The number of rotatable bonds is 6. The fraction of sp³-hybridized carbons (Fsp3) is 0.167. The minimum Gasteiger partial charge on any atom is -0.328 e. The number of carbonyl (C=O) groups is 1. The third-order valence-corrected chi connectivity index (χ3v) is 5.16. The maximum atomic E-state index is 14.6. The summed E-state index contributed by atoms with van der Waals surface area (Å²) in [6, 6.07) is 10.8. The molecular formula is C24H22FN5O. The second-order valence-electron chi connectivity index (χ2n) is 7.33. The summed E-state index contributed by atoms with van der Waals surface area (Å²) < 4.78 is 14.6. The van der Waals surface area contributed by atoms with E-state index < -0.39 is 0 Å². The van der Waals surface area contributed by atoms with Crippen LogP contribution in [-0.4, -0.2) is 28.0 Å². The zero-order chi connectivity index (χ0) is 21.8. The van der Waals surface area contributed by atoms with Crippen molar-refractivity contribution in [1.82, 2.24) is 25.9 Å². The van der Waals surface area contributed by atoms with Gasteiger partial charge in [0.15, 0.2) is 0 Å². The van der Waals surface area contributed by atoms with Gasteiger partial charge in [-0.25, -0.2) is 4.39 Å². The molecule has 2 aromatic rings. The molecule has 1 aromatic heterocycles. The fourth-order valence-corrected chi connectivity index (χ4v) is 3.61. The van der Waals surface area contributed by atoms with Crippen molar-refractivity contribution in [2.45, 2.75) is 19.5 Å². The molecule has 0 fully saturated rings. The number of nitrogens with one attached hydrogen (secondary N) is 2. The number of hydrogen-bond acceptors (Lipinski definition) is 5. The Morgan fingerprint density at radius 1 is 1.39 bits per heavy atom. The maximum absolute atomic E-state index is 14.6. The number of benzene rings is 1. The highest BCUT2D eigenvalue weighted by atomic mass is 19.1. The van der Waals surface area contributed by atoms with Gasteiger partial charge in [-0.3, -0.25) is 15.2 Å². The monoisotopic (exact) mass is 415 g/mol. The molecule has 0 saturated carbocycles. The number of hydrazine groups is 2. The molecule has 0 radical (unpaired) electrons. The van der Waals surface area contributed by atoms with E-state index in [4.69, 9.17) is 6.42 Å². The Hall–Kier alpha value is -3.89. The third-order valence-electron chi connectivity index (χ3n) is 5.16. The Bertz CT molecular complexity index is 1140. The second kappa shape index (κ2) is 8.86. The molecule has 1 amide bonds. The molecule has 1 aliphatic heterocycles. The third kappa shape index (κ3) is 4.49. The highest BCUT2D eigenvalue weighted by molar-refractivity contribution is 5.97. The Morgan fingerprint density at radius 2 is 2.26 bits per heavy atom. The SMILES string of the molecule is C#CNN(C)N/C=C1/C=C(c2ccc(F)c(CN3Cc4ncccc4C3=O)c2)C=CC1. The van der Waals surface area contributed by atoms with Crippen LogP contribution in [0.2, 0.25) is 0 Å². The molecule has 0 atom stereocenters. The van der Waals surface area contributed by atoms with E-state index >= 15 is 0 Å².